The molecule has 0 aliphatic rings. The molecule has 0 fully saturated rings. The number of carbonyl (C=O) groups is 1. The molecule has 1 amide bonds. The van der Waals surface area contributed by atoms with Gasteiger partial charge in [-0.1, -0.05) is 18.2 Å². The van der Waals surface area contributed by atoms with Crippen LogP contribution in [0.1, 0.15) is 10.4 Å². The van der Waals surface area contributed by atoms with Crippen LogP contribution in [0.15, 0.2) is 96.2 Å². The molecular weight excluding hydrogens is 497 g/mol. The fourth-order valence-corrected chi connectivity index (χ4v) is 4.55. The zero-order valence-electron chi connectivity index (χ0n) is 20.1. The maximum absolute atomic E-state index is 15.3. The monoisotopic (exact) mass is 515 g/mol. The van der Waals surface area contributed by atoms with Gasteiger partial charge in [-0.3, -0.25) is 19.9 Å². The largest absolute Gasteiger partial charge is 0.472 e. The van der Waals surface area contributed by atoms with E-state index in [1.165, 1.54) is 12.3 Å². The van der Waals surface area contributed by atoms with Crippen molar-refractivity contribution in [3.05, 3.63) is 103 Å². The van der Waals surface area contributed by atoms with E-state index < -0.39 is 5.82 Å². The van der Waals surface area contributed by atoms with E-state index in [1.807, 2.05) is 18.2 Å². The molecule has 188 valence electrons. The Labute approximate surface area is 219 Å². The Balaban J connectivity index is 1.28. The number of pyridine rings is 2. The lowest BCUT2D eigenvalue weighted by molar-refractivity contribution is 0.102. The number of hydrogen-bond acceptors (Lipinski definition) is 6. The smallest absolute Gasteiger partial charge is 0.255 e. The van der Waals surface area contributed by atoms with Crippen molar-refractivity contribution in [3.8, 4) is 33.9 Å². The van der Waals surface area contributed by atoms with E-state index in [0.29, 0.717) is 56.0 Å². The molecule has 2 aromatic carbocycles. The molecule has 9 nitrogen and oxygen atoms in total. The summed E-state index contributed by atoms with van der Waals surface area (Å²) in [6, 6.07) is 17.3. The number of nitrogens with zero attached hydrogens (tertiary/aromatic N) is 4. The Morgan fingerprint density at radius 1 is 0.949 bits per heavy atom. The average Bonchev–Trinajstić information content (AvgIpc) is 3.72. The lowest BCUT2D eigenvalue weighted by Crippen LogP contribution is -2.11. The van der Waals surface area contributed by atoms with Crippen molar-refractivity contribution >= 4 is 33.5 Å². The number of halogens is 1. The molecule has 3 N–H and O–H groups in total. The summed E-state index contributed by atoms with van der Waals surface area (Å²) in [6.07, 6.45) is 7.95. The Hall–Kier alpha value is -5.64. The van der Waals surface area contributed by atoms with Crippen LogP contribution in [0.25, 0.3) is 55.8 Å². The second-order valence-corrected chi connectivity index (χ2v) is 8.89. The van der Waals surface area contributed by atoms with Gasteiger partial charge >= 0.3 is 0 Å². The summed E-state index contributed by atoms with van der Waals surface area (Å²) in [6.45, 7) is 0. The normalized spacial score (nSPS) is 11.3. The minimum absolute atomic E-state index is 0.281. The highest BCUT2D eigenvalue weighted by Crippen LogP contribution is 2.34. The molecule has 0 saturated heterocycles. The lowest BCUT2D eigenvalue weighted by Gasteiger charge is -2.08. The number of amides is 1. The first-order chi connectivity index (χ1) is 19.1. The van der Waals surface area contributed by atoms with Crippen molar-refractivity contribution in [2.24, 2.45) is 0 Å². The standard InChI is InChI=1S/C29H18FN7O2/c30-22-12-24-21(11-20(22)18-10-19(14-31-13-18)33-29(38)16-4-2-1-3-5-16)26(37-36-24)28-34-23-6-8-32-25(27(23)35-28)17-7-9-39-15-17/h1-15H,(H,33,38)(H,34,35)(H,36,37). The van der Waals surface area contributed by atoms with Gasteiger partial charge in [0.1, 0.15) is 22.7 Å². The third-order valence-electron chi connectivity index (χ3n) is 6.41. The first-order valence-corrected chi connectivity index (χ1v) is 12.0. The first-order valence-electron chi connectivity index (χ1n) is 12.0. The fourth-order valence-electron chi connectivity index (χ4n) is 4.55. The van der Waals surface area contributed by atoms with Crippen LogP contribution in [0.4, 0.5) is 10.1 Å². The Kier molecular flexibility index (Phi) is 5.22. The summed E-state index contributed by atoms with van der Waals surface area (Å²) in [7, 11) is 0. The van der Waals surface area contributed by atoms with Crippen molar-refractivity contribution in [3.63, 3.8) is 0 Å². The van der Waals surface area contributed by atoms with E-state index in [-0.39, 0.29) is 5.91 Å². The van der Waals surface area contributed by atoms with Gasteiger partial charge in [-0.05, 0) is 36.4 Å². The number of benzene rings is 2. The molecule has 39 heavy (non-hydrogen) atoms. The predicted octanol–water partition coefficient (Wildman–Crippen LogP) is 6.21. The molecule has 7 rings (SSSR count). The average molecular weight is 516 g/mol. The Morgan fingerprint density at radius 2 is 1.85 bits per heavy atom. The van der Waals surface area contributed by atoms with Gasteiger partial charge in [-0.15, -0.1) is 0 Å². The van der Waals surface area contributed by atoms with Crippen LogP contribution in [0.2, 0.25) is 0 Å². The van der Waals surface area contributed by atoms with Gasteiger partial charge in [0, 0.05) is 46.1 Å². The molecule has 5 aromatic heterocycles. The van der Waals surface area contributed by atoms with Crippen molar-refractivity contribution < 1.29 is 13.6 Å². The van der Waals surface area contributed by atoms with Crippen molar-refractivity contribution in [2.45, 2.75) is 0 Å². The quantitative estimate of drug-likeness (QED) is 0.250. The number of hydrogen-bond donors (Lipinski definition) is 3. The zero-order chi connectivity index (χ0) is 26.3. The fraction of sp³-hybridized carbons (Fsp3) is 0. The maximum atomic E-state index is 15.3. The summed E-state index contributed by atoms with van der Waals surface area (Å²) in [4.78, 5) is 29.3. The van der Waals surface area contributed by atoms with E-state index in [2.05, 4.69) is 30.5 Å². The number of aromatic nitrogens is 6. The summed E-state index contributed by atoms with van der Waals surface area (Å²) in [5, 5.41) is 10.8. The van der Waals surface area contributed by atoms with Crippen LogP contribution < -0.4 is 5.32 Å². The highest BCUT2D eigenvalue weighted by molar-refractivity contribution is 6.04. The number of anilines is 1. The van der Waals surface area contributed by atoms with Crippen LogP contribution >= 0.6 is 0 Å². The van der Waals surface area contributed by atoms with Crippen molar-refractivity contribution in [1.82, 2.24) is 30.1 Å². The number of furan rings is 1. The summed E-state index contributed by atoms with van der Waals surface area (Å²) >= 11 is 0. The minimum Gasteiger partial charge on any atom is -0.472 e. The maximum Gasteiger partial charge on any atom is 0.255 e. The first kappa shape index (κ1) is 22.5. The Morgan fingerprint density at radius 3 is 2.69 bits per heavy atom. The highest BCUT2D eigenvalue weighted by Gasteiger charge is 2.19. The molecule has 0 atom stereocenters. The Bertz CT molecular complexity index is 1980. The zero-order valence-corrected chi connectivity index (χ0v) is 20.1. The van der Waals surface area contributed by atoms with Gasteiger partial charge in [0.2, 0.25) is 0 Å². The van der Waals surface area contributed by atoms with E-state index >= 15 is 4.39 Å². The highest BCUT2D eigenvalue weighted by atomic mass is 19.1. The van der Waals surface area contributed by atoms with Gasteiger partial charge in [-0.25, -0.2) is 9.37 Å². The van der Waals surface area contributed by atoms with Gasteiger partial charge < -0.3 is 14.7 Å². The van der Waals surface area contributed by atoms with Crippen LogP contribution in [0.5, 0.6) is 0 Å². The molecule has 0 aliphatic carbocycles. The minimum atomic E-state index is -0.456. The number of nitrogens with one attached hydrogen (secondary N) is 3. The third-order valence-corrected chi connectivity index (χ3v) is 6.41. The molecule has 0 aliphatic heterocycles. The van der Waals surface area contributed by atoms with Gasteiger partial charge in [0.15, 0.2) is 5.82 Å². The summed E-state index contributed by atoms with van der Waals surface area (Å²) < 4.78 is 20.5. The molecule has 10 heteroatoms. The molecule has 0 bridgehead atoms. The van der Waals surface area contributed by atoms with E-state index in [0.717, 1.165) is 11.1 Å². The van der Waals surface area contributed by atoms with E-state index in [1.54, 1.807) is 61.3 Å². The molecule has 0 saturated carbocycles. The van der Waals surface area contributed by atoms with Gasteiger partial charge in [-0.2, -0.15) is 5.10 Å². The second-order valence-electron chi connectivity index (χ2n) is 8.89. The van der Waals surface area contributed by atoms with Gasteiger partial charge in [0.25, 0.3) is 5.91 Å². The van der Waals surface area contributed by atoms with Crippen molar-refractivity contribution in [2.75, 3.05) is 5.32 Å². The second kappa shape index (κ2) is 9.03. The van der Waals surface area contributed by atoms with Gasteiger partial charge in [0.05, 0.1) is 35.4 Å². The van der Waals surface area contributed by atoms with Crippen LogP contribution in [0, 0.1) is 5.82 Å². The number of carbonyl (C=O) groups excluding carboxylic acids is 1. The number of rotatable bonds is 5. The summed E-state index contributed by atoms with van der Waals surface area (Å²) in [5.41, 5.74) is 5.74. The molecule has 0 spiro atoms. The van der Waals surface area contributed by atoms with Crippen molar-refractivity contribution in [1.29, 1.82) is 0 Å². The number of H-pyrrole nitrogens is 2. The van der Waals surface area contributed by atoms with E-state index in [9.17, 15) is 4.79 Å². The van der Waals surface area contributed by atoms with E-state index in [4.69, 9.17) is 9.40 Å². The molecular formula is C29H18FN7O2. The SMILES string of the molecule is O=C(Nc1cncc(-c2cc3c(-c4nc5c(-c6ccoc6)nccc5[nH]4)n[nH]c3cc2F)c1)c1ccccc1. The van der Waals surface area contributed by atoms with Crippen LogP contribution in [-0.2, 0) is 0 Å². The molecule has 5 heterocycles. The third kappa shape index (κ3) is 4.00. The lowest BCUT2D eigenvalue weighted by atomic mass is 10.0. The summed E-state index contributed by atoms with van der Waals surface area (Å²) in [5.74, 6) is -0.229. The molecule has 0 radical (unpaired) electrons. The predicted molar refractivity (Wildman–Crippen MR) is 144 cm³/mol. The topological polar surface area (TPSA) is 125 Å². The molecule has 0 unspecified atom stereocenters. The van der Waals surface area contributed by atoms with Crippen LogP contribution in [-0.4, -0.2) is 36.0 Å². The van der Waals surface area contributed by atoms with Crippen LogP contribution in [0.3, 0.4) is 0 Å². The number of imidazole rings is 1. The molecule has 7 aromatic rings. The number of aromatic amines is 2. The number of fused-ring (bicyclic) bond motifs is 2.